The van der Waals surface area contributed by atoms with Gasteiger partial charge in [-0.05, 0) is 39.0 Å². The number of nitrogens with zero attached hydrogens (tertiary/aromatic N) is 4. The second-order valence-corrected chi connectivity index (χ2v) is 6.84. The molecule has 0 fully saturated rings. The molecule has 3 aromatic rings. The van der Waals surface area contributed by atoms with Crippen molar-refractivity contribution >= 4 is 5.91 Å². The SMILES string of the molecule is CCN(CC)C(=O)c1nn(-c2ccc(C)cc2)c(=O)n(Cc2ccccc2F)c1=O. The number of halogens is 1. The third kappa shape index (κ3) is 4.07. The van der Waals surface area contributed by atoms with Gasteiger partial charge < -0.3 is 4.90 Å². The number of aryl methyl sites for hydroxylation is 1. The first kappa shape index (κ1) is 21.2. The first-order valence-corrected chi connectivity index (χ1v) is 9.71. The summed E-state index contributed by atoms with van der Waals surface area (Å²) in [4.78, 5) is 40.5. The van der Waals surface area contributed by atoms with Crippen LogP contribution >= 0.6 is 0 Å². The summed E-state index contributed by atoms with van der Waals surface area (Å²) in [6, 6.07) is 12.8. The van der Waals surface area contributed by atoms with E-state index in [2.05, 4.69) is 5.10 Å². The number of hydrogen-bond donors (Lipinski definition) is 0. The lowest BCUT2D eigenvalue weighted by Gasteiger charge is -2.19. The van der Waals surface area contributed by atoms with Gasteiger partial charge in [0.15, 0.2) is 0 Å². The van der Waals surface area contributed by atoms with Crippen LogP contribution < -0.4 is 11.2 Å². The van der Waals surface area contributed by atoms with Gasteiger partial charge in [0.05, 0.1) is 12.2 Å². The highest BCUT2D eigenvalue weighted by molar-refractivity contribution is 5.91. The zero-order valence-corrected chi connectivity index (χ0v) is 17.1. The van der Waals surface area contributed by atoms with Crippen molar-refractivity contribution in [3.63, 3.8) is 0 Å². The Morgan fingerprint density at radius 2 is 1.67 bits per heavy atom. The summed E-state index contributed by atoms with van der Waals surface area (Å²) in [5.41, 5.74) is -0.422. The number of carbonyl (C=O) groups excluding carboxylic acids is 1. The average molecular weight is 410 g/mol. The Balaban J connectivity index is 2.25. The van der Waals surface area contributed by atoms with E-state index in [-0.39, 0.29) is 17.8 Å². The van der Waals surface area contributed by atoms with Gasteiger partial charge in [0.2, 0.25) is 5.69 Å². The van der Waals surface area contributed by atoms with Crippen molar-refractivity contribution in [2.45, 2.75) is 27.3 Å². The van der Waals surface area contributed by atoms with Crippen LogP contribution in [0.5, 0.6) is 0 Å². The molecule has 0 radical (unpaired) electrons. The highest BCUT2D eigenvalue weighted by Gasteiger charge is 2.24. The fourth-order valence-corrected chi connectivity index (χ4v) is 3.10. The number of benzene rings is 2. The van der Waals surface area contributed by atoms with Crippen molar-refractivity contribution in [2.75, 3.05) is 13.1 Å². The van der Waals surface area contributed by atoms with Crippen molar-refractivity contribution < 1.29 is 9.18 Å². The zero-order chi connectivity index (χ0) is 21.8. The largest absolute Gasteiger partial charge is 0.352 e. The summed E-state index contributed by atoms with van der Waals surface area (Å²) in [6.45, 7) is 5.93. The van der Waals surface area contributed by atoms with Crippen molar-refractivity contribution in [1.29, 1.82) is 0 Å². The van der Waals surface area contributed by atoms with E-state index in [0.717, 1.165) is 14.8 Å². The van der Waals surface area contributed by atoms with Crippen LogP contribution in [0, 0.1) is 12.7 Å². The maximum atomic E-state index is 14.2. The second kappa shape index (κ2) is 8.86. The minimum atomic E-state index is -0.844. The minimum absolute atomic E-state index is 0.166. The standard InChI is InChI=1S/C22H23FN4O3/c1-4-25(5-2)20(28)19-21(29)26(14-16-8-6-7-9-18(16)23)22(30)27(24-19)17-12-10-15(3)11-13-17/h6-13H,4-5,14H2,1-3H3. The molecule has 0 saturated carbocycles. The summed E-state index contributed by atoms with van der Waals surface area (Å²) in [5, 5.41) is 4.10. The van der Waals surface area contributed by atoms with E-state index in [9.17, 15) is 18.8 Å². The first-order valence-electron chi connectivity index (χ1n) is 9.71. The molecule has 0 aliphatic heterocycles. The van der Waals surface area contributed by atoms with Gasteiger partial charge in [0.25, 0.3) is 11.5 Å². The Morgan fingerprint density at radius 1 is 1.03 bits per heavy atom. The molecule has 0 aliphatic rings. The molecule has 8 heteroatoms. The highest BCUT2D eigenvalue weighted by atomic mass is 19.1. The minimum Gasteiger partial charge on any atom is -0.338 e. The zero-order valence-electron chi connectivity index (χ0n) is 17.1. The molecule has 0 unspecified atom stereocenters. The summed E-state index contributed by atoms with van der Waals surface area (Å²) in [5.74, 6) is -1.12. The molecule has 1 aromatic heterocycles. The van der Waals surface area contributed by atoms with Crippen LogP contribution in [0.2, 0.25) is 0 Å². The van der Waals surface area contributed by atoms with E-state index in [1.54, 1.807) is 44.2 Å². The van der Waals surface area contributed by atoms with Crippen LogP contribution in [-0.2, 0) is 6.54 Å². The second-order valence-electron chi connectivity index (χ2n) is 6.84. The van der Waals surface area contributed by atoms with Crippen molar-refractivity contribution in [1.82, 2.24) is 19.2 Å². The third-order valence-corrected chi connectivity index (χ3v) is 4.88. The topological polar surface area (TPSA) is 77.2 Å². The Bertz CT molecular complexity index is 1180. The molecule has 30 heavy (non-hydrogen) atoms. The Labute approximate surface area is 173 Å². The predicted molar refractivity (Wildman–Crippen MR) is 112 cm³/mol. The monoisotopic (exact) mass is 410 g/mol. The average Bonchev–Trinajstić information content (AvgIpc) is 2.74. The molecular formula is C22H23FN4O3. The summed E-state index contributed by atoms with van der Waals surface area (Å²) in [7, 11) is 0. The molecule has 156 valence electrons. The summed E-state index contributed by atoms with van der Waals surface area (Å²) < 4.78 is 16.0. The maximum absolute atomic E-state index is 14.2. The molecule has 0 aliphatic carbocycles. The van der Waals surface area contributed by atoms with Crippen molar-refractivity contribution in [3.05, 3.63) is 92.0 Å². The molecule has 3 rings (SSSR count). The van der Waals surface area contributed by atoms with Gasteiger partial charge in [-0.1, -0.05) is 35.9 Å². The van der Waals surface area contributed by atoms with Gasteiger partial charge in [0, 0.05) is 18.7 Å². The van der Waals surface area contributed by atoms with Crippen LogP contribution in [-0.4, -0.2) is 38.2 Å². The lowest BCUT2D eigenvalue weighted by molar-refractivity contribution is 0.0761. The highest BCUT2D eigenvalue weighted by Crippen LogP contribution is 2.09. The smallest absolute Gasteiger partial charge is 0.338 e. The van der Waals surface area contributed by atoms with E-state index in [0.29, 0.717) is 18.8 Å². The lowest BCUT2D eigenvalue weighted by Crippen LogP contribution is -2.46. The summed E-state index contributed by atoms with van der Waals surface area (Å²) in [6.07, 6.45) is 0. The molecule has 1 amide bonds. The molecule has 0 saturated heterocycles. The fraction of sp³-hybridized carbons (Fsp3) is 0.273. The Kier molecular flexibility index (Phi) is 6.25. The van der Waals surface area contributed by atoms with Crippen molar-refractivity contribution in [3.8, 4) is 5.69 Å². The molecule has 0 N–H and O–H groups in total. The third-order valence-electron chi connectivity index (χ3n) is 4.88. The van der Waals surface area contributed by atoms with Gasteiger partial charge in [-0.15, -0.1) is 0 Å². The van der Waals surface area contributed by atoms with Crippen LogP contribution in [0.3, 0.4) is 0 Å². The fourth-order valence-electron chi connectivity index (χ4n) is 3.10. The van der Waals surface area contributed by atoms with Crippen molar-refractivity contribution in [2.24, 2.45) is 0 Å². The molecule has 0 spiro atoms. The van der Waals surface area contributed by atoms with Gasteiger partial charge in [-0.25, -0.2) is 9.18 Å². The van der Waals surface area contributed by atoms with E-state index in [4.69, 9.17) is 0 Å². The number of amides is 1. The Morgan fingerprint density at radius 3 is 2.27 bits per heavy atom. The lowest BCUT2D eigenvalue weighted by atomic mass is 10.2. The van der Waals surface area contributed by atoms with E-state index in [1.165, 1.54) is 23.1 Å². The van der Waals surface area contributed by atoms with Crippen LogP contribution in [0.4, 0.5) is 4.39 Å². The van der Waals surface area contributed by atoms with Gasteiger partial charge in [-0.2, -0.15) is 9.78 Å². The summed E-state index contributed by atoms with van der Waals surface area (Å²) >= 11 is 0. The van der Waals surface area contributed by atoms with Gasteiger partial charge >= 0.3 is 5.69 Å². The van der Waals surface area contributed by atoms with E-state index < -0.39 is 23.0 Å². The molecule has 0 atom stereocenters. The van der Waals surface area contributed by atoms with Gasteiger partial charge in [-0.3, -0.25) is 14.2 Å². The Hall–Kier alpha value is -3.55. The molecule has 7 nitrogen and oxygen atoms in total. The predicted octanol–water partition coefficient (Wildman–Crippen LogP) is 2.37. The molecule has 2 aromatic carbocycles. The number of rotatable bonds is 6. The van der Waals surface area contributed by atoms with Crippen LogP contribution in [0.15, 0.2) is 58.1 Å². The normalized spacial score (nSPS) is 10.8. The molecular weight excluding hydrogens is 387 g/mol. The maximum Gasteiger partial charge on any atom is 0.352 e. The van der Waals surface area contributed by atoms with E-state index in [1.807, 2.05) is 6.92 Å². The number of hydrogen-bond acceptors (Lipinski definition) is 4. The molecule has 1 heterocycles. The molecule has 0 bridgehead atoms. The van der Waals surface area contributed by atoms with Crippen LogP contribution in [0.1, 0.15) is 35.5 Å². The van der Waals surface area contributed by atoms with E-state index >= 15 is 0 Å². The quantitative estimate of drug-likeness (QED) is 0.625. The number of carbonyl (C=O) groups is 1. The number of aromatic nitrogens is 3. The first-order chi connectivity index (χ1) is 14.4. The van der Waals surface area contributed by atoms with Gasteiger partial charge in [0.1, 0.15) is 5.82 Å². The van der Waals surface area contributed by atoms with Crippen LogP contribution in [0.25, 0.3) is 5.69 Å².